The lowest BCUT2D eigenvalue weighted by Gasteiger charge is -2.19. The third-order valence-corrected chi connectivity index (χ3v) is 3.26. The number of benzene rings is 2. The summed E-state index contributed by atoms with van der Waals surface area (Å²) in [5.74, 6) is 0.858. The van der Waals surface area contributed by atoms with Crippen molar-refractivity contribution in [3.63, 3.8) is 0 Å². The van der Waals surface area contributed by atoms with Crippen molar-refractivity contribution in [3.8, 4) is 5.75 Å². The van der Waals surface area contributed by atoms with Crippen LogP contribution in [0.5, 0.6) is 5.75 Å². The van der Waals surface area contributed by atoms with Gasteiger partial charge in [-0.1, -0.05) is 41.9 Å². The summed E-state index contributed by atoms with van der Waals surface area (Å²) in [4.78, 5) is 0. The SMILES string of the molecule is CC(C)Oc1ccccc1C(N)Cc1cccc(Cl)c1. The minimum Gasteiger partial charge on any atom is -0.491 e. The van der Waals surface area contributed by atoms with E-state index in [0.717, 1.165) is 28.3 Å². The third kappa shape index (κ3) is 3.99. The van der Waals surface area contributed by atoms with Gasteiger partial charge in [0.1, 0.15) is 5.75 Å². The van der Waals surface area contributed by atoms with Crippen LogP contribution in [-0.4, -0.2) is 6.10 Å². The van der Waals surface area contributed by atoms with Gasteiger partial charge in [0, 0.05) is 16.6 Å². The lowest BCUT2D eigenvalue weighted by Crippen LogP contribution is -2.16. The largest absolute Gasteiger partial charge is 0.491 e. The van der Waals surface area contributed by atoms with E-state index >= 15 is 0 Å². The number of halogens is 1. The van der Waals surface area contributed by atoms with Crippen molar-refractivity contribution < 1.29 is 4.74 Å². The van der Waals surface area contributed by atoms with Crippen LogP contribution in [0.2, 0.25) is 5.02 Å². The number of rotatable bonds is 5. The number of hydrogen-bond donors (Lipinski definition) is 1. The first-order valence-corrected chi connectivity index (χ1v) is 7.19. The Balaban J connectivity index is 2.18. The van der Waals surface area contributed by atoms with E-state index in [9.17, 15) is 0 Å². The second-order valence-corrected chi connectivity index (χ2v) is 5.58. The molecule has 0 heterocycles. The quantitative estimate of drug-likeness (QED) is 0.887. The Hall–Kier alpha value is -1.51. The van der Waals surface area contributed by atoms with Gasteiger partial charge in [-0.15, -0.1) is 0 Å². The van der Waals surface area contributed by atoms with Gasteiger partial charge in [0.25, 0.3) is 0 Å². The van der Waals surface area contributed by atoms with Crippen LogP contribution in [-0.2, 0) is 6.42 Å². The minimum atomic E-state index is -0.108. The monoisotopic (exact) mass is 289 g/mol. The lowest BCUT2D eigenvalue weighted by atomic mass is 9.99. The molecule has 0 bridgehead atoms. The molecule has 0 amide bonds. The Labute approximate surface area is 125 Å². The van der Waals surface area contributed by atoms with Gasteiger partial charge < -0.3 is 10.5 Å². The summed E-state index contributed by atoms with van der Waals surface area (Å²) in [7, 11) is 0. The number of nitrogens with two attached hydrogens (primary N) is 1. The molecule has 106 valence electrons. The van der Waals surface area contributed by atoms with Gasteiger partial charge in [-0.2, -0.15) is 0 Å². The minimum absolute atomic E-state index is 0.108. The fourth-order valence-corrected chi connectivity index (χ4v) is 2.39. The molecule has 20 heavy (non-hydrogen) atoms. The molecule has 0 saturated carbocycles. The number of ether oxygens (including phenoxy) is 1. The standard InChI is InChI=1S/C17H20ClNO/c1-12(2)20-17-9-4-3-8-15(17)16(19)11-13-6-5-7-14(18)10-13/h3-10,12,16H,11,19H2,1-2H3. The molecule has 0 aliphatic heterocycles. The van der Waals surface area contributed by atoms with Crippen molar-refractivity contribution in [1.82, 2.24) is 0 Å². The zero-order chi connectivity index (χ0) is 14.5. The Morgan fingerprint density at radius 1 is 1.10 bits per heavy atom. The molecule has 0 saturated heterocycles. The van der Waals surface area contributed by atoms with Crippen molar-refractivity contribution >= 4 is 11.6 Å². The maximum absolute atomic E-state index is 6.33. The van der Waals surface area contributed by atoms with E-state index in [1.165, 1.54) is 0 Å². The molecule has 2 aromatic carbocycles. The average molecular weight is 290 g/mol. The van der Waals surface area contributed by atoms with E-state index in [1.54, 1.807) is 0 Å². The molecule has 0 fully saturated rings. The van der Waals surface area contributed by atoms with Gasteiger partial charge in [-0.3, -0.25) is 0 Å². The van der Waals surface area contributed by atoms with Gasteiger partial charge >= 0.3 is 0 Å². The van der Waals surface area contributed by atoms with Crippen LogP contribution in [0.25, 0.3) is 0 Å². The maximum atomic E-state index is 6.33. The first-order valence-electron chi connectivity index (χ1n) is 6.82. The summed E-state index contributed by atoms with van der Waals surface area (Å²) in [6, 6.07) is 15.6. The summed E-state index contributed by atoms with van der Waals surface area (Å²) in [6.07, 6.45) is 0.869. The van der Waals surface area contributed by atoms with Crippen LogP contribution in [0.4, 0.5) is 0 Å². The molecule has 1 atom stereocenters. The molecule has 2 nitrogen and oxygen atoms in total. The highest BCUT2D eigenvalue weighted by Crippen LogP contribution is 2.27. The normalized spacial score (nSPS) is 12.4. The highest BCUT2D eigenvalue weighted by Gasteiger charge is 2.13. The molecule has 0 aliphatic rings. The molecule has 3 heteroatoms. The smallest absolute Gasteiger partial charge is 0.124 e. The fraction of sp³-hybridized carbons (Fsp3) is 0.294. The topological polar surface area (TPSA) is 35.2 Å². The van der Waals surface area contributed by atoms with Crippen molar-refractivity contribution in [2.24, 2.45) is 5.73 Å². The Bertz CT molecular complexity index is 568. The summed E-state index contributed by atoms with van der Waals surface area (Å²) in [5, 5.41) is 0.737. The highest BCUT2D eigenvalue weighted by atomic mass is 35.5. The van der Waals surface area contributed by atoms with E-state index in [-0.39, 0.29) is 12.1 Å². The zero-order valence-corrected chi connectivity index (χ0v) is 12.6. The average Bonchev–Trinajstić information content (AvgIpc) is 2.38. The second kappa shape index (κ2) is 6.78. The predicted molar refractivity (Wildman–Crippen MR) is 84.3 cm³/mol. The van der Waals surface area contributed by atoms with Gasteiger partial charge in [-0.05, 0) is 44.0 Å². The molecule has 2 rings (SSSR count). The Kier molecular flexibility index (Phi) is 5.05. The first kappa shape index (κ1) is 14.9. The van der Waals surface area contributed by atoms with E-state index in [1.807, 2.05) is 62.4 Å². The molecular formula is C17H20ClNO. The Morgan fingerprint density at radius 3 is 2.55 bits per heavy atom. The van der Waals surface area contributed by atoms with Crippen molar-refractivity contribution in [1.29, 1.82) is 0 Å². The molecule has 1 unspecified atom stereocenters. The number of hydrogen-bond acceptors (Lipinski definition) is 2. The van der Waals surface area contributed by atoms with Crippen LogP contribution in [0.15, 0.2) is 48.5 Å². The maximum Gasteiger partial charge on any atom is 0.124 e. The highest BCUT2D eigenvalue weighted by molar-refractivity contribution is 6.30. The van der Waals surface area contributed by atoms with E-state index < -0.39 is 0 Å². The van der Waals surface area contributed by atoms with Crippen molar-refractivity contribution in [2.45, 2.75) is 32.4 Å². The van der Waals surface area contributed by atoms with Crippen LogP contribution in [0.1, 0.15) is 31.0 Å². The molecule has 2 N–H and O–H groups in total. The fourth-order valence-electron chi connectivity index (χ4n) is 2.18. The van der Waals surface area contributed by atoms with Crippen LogP contribution < -0.4 is 10.5 Å². The van der Waals surface area contributed by atoms with E-state index in [0.29, 0.717) is 0 Å². The molecule has 0 spiro atoms. The number of para-hydroxylation sites is 1. The lowest BCUT2D eigenvalue weighted by molar-refractivity contribution is 0.238. The first-order chi connectivity index (χ1) is 9.56. The van der Waals surface area contributed by atoms with Crippen LogP contribution in [0, 0.1) is 0 Å². The van der Waals surface area contributed by atoms with Gasteiger partial charge in [0.05, 0.1) is 6.10 Å². The van der Waals surface area contributed by atoms with E-state index in [2.05, 4.69) is 0 Å². The van der Waals surface area contributed by atoms with E-state index in [4.69, 9.17) is 22.1 Å². The molecule has 2 aromatic rings. The summed E-state index contributed by atoms with van der Waals surface area (Å²) >= 11 is 6.01. The summed E-state index contributed by atoms with van der Waals surface area (Å²) in [6.45, 7) is 4.03. The molecule has 0 aromatic heterocycles. The molecule has 0 aliphatic carbocycles. The Morgan fingerprint density at radius 2 is 1.85 bits per heavy atom. The zero-order valence-electron chi connectivity index (χ0n) is 11.8. The summed E-state index contributed by atoms with van der Waals surface area (Å²) < 4.78 is 5.82. The van der Waals surface area contributed by atoms with Crippen molar-refractivity contribution in [3.05, 3.63) is 64.7 Å². The van der Waals surface area contributed by atoms with Gasteiger partial charge in [0.2, 0.25) is 0 Å². The predicted octanol–water partition coefficient (Wildman–Crippen LogP) is 4.37. The van der Waals surface area contributed by atoms with Gasteiger partial charge in [0.15, 0.2) is 0 Å². The molecule has 0 radical (unpaired) electrons. The summed E-state index contributed by atoms with van der Waals surface area (Å²) in [5.41, 5.74) is 8.49. The second-order valence-electron chi connectivity index (χ2n) is 5.14. The van der Waals surface area contributed by atoms with Crippen molar-refractivity contribution in [2.75, 3.05) is 0 Å². The van der Waals surface area contributed by atoms with Crippen LogP contribution >= 0.6 is 11.6 Å². The van der Waals surface area contributed by atoms with Gasteiger partial charge in [-0.25, -0.2) is 0 Å². The molecular weight excluding hydrogens is 270 g/mol. The van der Waals surface area contributed by atoms with Crippen LogP contribution in [0.3, 0.4) is 0 Å². The third-order valence-electron chi connectivity index (χ3n) is 3.03.